The quantitative estimate of drug-likeness (QED) is 0.669. The lowest BCUT2D eigenvalue weighted by Crippen LogP contribution is -2.34. The van der Waals surface area contributed by atoms with Gasteiger partial charge in [0, 0.05) is 13.6 Å². The summed E-state index contributed by atoms with van der Waals surface area (Å²) in [5.41, 5.74) is 8.10. The Balaban J connectivity index is 1.64. The van der Waals surface area contributed by atoms with Crippen LogP contribution in [0.1, 0.15) is 17.3 Å². The molecule has 9 nitrogen and oxygen atoms in total. The molecule has 3 rings (SSSR count). The first-order chi connectivity index (χ1) is 11.1. The number of rotatable bonds is 5. The highest BCUT2D eigenvalue weighted by atomic mass is 16.2. The van der Waals surface area contributed by atoms with Crippen LogP contribution in [0.5, 0.6) is 0 Å². The van der Waals surface area contributed by atoms with E-state index in [4.69, 9.17) is 5.73 Å². The van der Waals surface area contributed by atoms with Gasteiger partial charge < -0.3 is 11.1 Å². The smallest absolute Gasteiger partial charge is 0.243 e. The Morgan fingerprint density at radius 2 is 2.30 bits per heavy atom. The molecule has 1 aromatic carbocycles. The number of amides is 1. The number of hydrogen-bond acceptors (Lipinski definition) is 6. The summed E-state index contributed by atoms with van der Waals surface area (Å²) >= 11 is 0. The van der Waals surface area contributed by atoms with E-state index in [1.807, 2.05) is 24.3 Å². The van der Waals surface area contributed by atoms with Gasteiger partial charge in [-0.25, -0.2) is 9.67 Å². The maximum absolute atomic E-state index is 12.1. The Hall–Kier alpha value is -3.07. The van der Waals surface area contributed by atoms with E-state index in [0.29, 0.717) is 12.2 Å². The number of nitrogens with one attached hydrogen (secondary N) is 1. The van der Waals surface area contributed by atoms with Crippen LogP contribution in [-0.2, 0) is 18.4 Å². The molecule has 0 aliphatic carbocycles. The minimum absolute atomic E-state index is 0.309. The van der Waals surface area contributed by atoms with Crippen molar-refractivity contribution in [2.45, 2.75) is 12.6 Å². The summed E-state index contributed by atoms with van der Waals surface area (Å²) in [4.78, 5) is 16.0. The molecule has 0 radical (unpaired) electrons. The van der Waals surface area contributed by atoms with Crippen molar-refractivity contribution < 1.29 is 4.79 Å². The molecule has 2 heterocycles. The first-order valence-electron chi connectivity index (χ1n) is 6.97. The van der Waals surface area contributed by atoms with E-state index < -0.39 is 6.04 Å². The second-order valence-corrected chi connectivity index (χ2v) is 5.02. The van der Waals surface area contributed by atoms with E-state index in [1.165, 1.54) is 11.0 Å². The van der Waals surface area contributed by atoms with Crippen molar-refractivity contribution in [1.82, 2.24) is 35.1 Å². The van der Waals surface area contributed by atoms with Crippen molar-refractivity contribution in [2.75, 3.05) is 0 Å². The van der Waals surface area contributed by atoms with Crippen LogP contribution in [0, 0.1) is 0 Å². The Kier molecular flexibility index (Phi) is 4.11. The molecule has 1 amide bonds. The zero-order chi connectivity index (χ0) is 16.2. The second kappa shape index (κ2) is 6.36. The summed E-state index contributed by atoms with van der Waals surface area (Å²) in [6, 6.07) is 6.78. The number of aryl methyl sites for hydroxylation is 1. The van der Waals surface area contributed by atoms with E-state index in [-0.39, 0.29) is 5.91 Å². The molecule has 9 heteroatoms. The first kappa shape index (κ1) is 14.9. The van der Waals surface area contributed by atoms with Crippen LogP contribution in [-0.4, -0.2) is 35.7 Å². The van der Waals surface area contributed by atoms with Gasteiger partial charge >= 0.3 is 0 Å². The van der Waals surface area contributed by atoms with Gasteiger partial charge in [-0.05, 0) is 17.7 Å². The summed E-state index contributed by atoms with van der Waals surface area (Å²) in [6.45, 7) is 0.356. The van der Waals surface area contributed by atoms with Gasteiger partial charge in [-0.2, -0.15) is 5.10 Å². The van der Waals surface area contributed by atoms with E-state index >= 15 is 0 Å². The third kappa shape index (κ3) is 3.40. The molecule has 3 N–H and O–H groups in total. The van der Waals surface area contributed by atoms with Gasteiger partial charge in [0.1, 0.15) is 24.4 Å². The van der Waals surface area contributed by atoms with Crippen molar-refractivity contribution in [3.8, 4) is 5.69 Å². The topological polar surface area (TPSA) is 117 Å². The minimum atomic E-state index is -0.845. The van der Waals surface area contributed by atoms with Crippen LogP contribution in [0.25, 0.3) is 5.69 Å². The van der Waals surface area contributed by atoms with E-state index in [2.05, 4.69) is 25.7 Å². The Labute approximate surface area is 132 Å². The average Bonchev–Trinajstić information content (AvgIpc) is 3.23. The highest BCUT2D eigenvalue weighted by molar-refractivity contribution is 5.82. The van der Waals surface area contributed by atoms with E-state index in [0.717, 1.165) is 11.3 Å². The van der Waals surface area contributed by atoms with Crippen molar-refractivity contribution in [2.24, 2.45) is 12.8 Å². The van der Waals surface area contributed by atoms with Crippen LogP contribution in [0.3, 0.4) is 0 Å². The summed E-state index contributed by atoms with van der Waals surface area (Å²) in [7, 11) is 1.72. The number of aromatic nitrogens is 6. The number of benzene rings is 1. The molecule has 0 saturated carbocycles. The molecule has 1 unspecified atom stereocenters. The van der Waals surface area contributed by atoms with Gasteiger partial charge in [-0.3, -0.25) is 9.48 Å². The predicted octanol–water partition coefficient (Wildman–Crippen LogP) is -0.288. The fourth-order valence-electron chi connectivity index (χ4n) is 2.09. The number of hydrogen-bond donors (Lipinski definition) is 2. The predicted molar refractivity (Wildman–Crippen MR) is 81.1 cm³/mol. The fraction of sp³-hybridized carbons (Fsp3) is 0.214. The van der Waals surface area contributed by atoms with Crippen molar-refractivity contribution in [1.29, 1.82) is 0 Å². The zero-order valence-corrected chi connectivity index (χ0v) is 12.5. The number of carbonyl (C=O) groups is 1. The summed E-state index contributed by atoms with van der Waals surface area (Å²) in [6.07, 6.45) is 4.70. The van der Waals surface area contributed by atoms with Crippen LogP contribution in [0.15, 0.2) is 43.1 Å². The molecular formula is C14H16N8O. The third-order valence-corrected chi connectivity index (χ3v) is 3.28. The summed E-state index contributed by atoms with van der Waals surface area (Å²) in [5, 5.41) is 14.5. The molecule has 0 aliphatic heterocycles. The van der Waals surface area contributed by atoms with Crippen LogP contribution >= 0.6 is 0 Å². The molecule has 0 saturated heterocycles. The molecule has 0 aliphatic rings. The lowest BCUT2D eigenvalue weighted by molar-refractivity contribution is -0.122. The lowest BCUT2D eigenvalue weighted by Gasteiger charge is -2.10. The van der Waals surface area contributed by atoms with Crippen LogP contribution in [0.2, 0.25) is 0 Å². The molecule has 3 aromatic rings. The van der Waals surface area contributed by atoms with Crippen molar-refractivity contribution in [3.05, 3.63) is 54.4 Å². The number of nitrogens with two attached hydrogens (primary N) is 1. The third-order valence-electron chi connectivity index (χ3n) is 3.28. The number of carbonyl (C=O) groups excluding carboxylic acids is 1. The maximum Gasteiger partial charge on any atom is 0.243 e. The van der Waals surface area contributed by atoms with Crippen molar-refractivity contribution >= 4 is 5.91 Å². The summed E-state index contributed by atoms with van der Waals surface area (Å²) < 4.78 is 3.15. The first-order valence-corrected chi connectivity index (χ1v) is 6.97. The highest BCUT2D eigenvalue weighted by Gasteiger charge is 2.18. The SMILES string of the molecule is Cn1cc(C(N)C(=O)NCc2cccc(-n3cncn3)c2)nn1. The van der Waals surface area contributed by atoms with Gasteiger partial charge in [0.05, 0.1) is 11.9 Å². The van der Waals surface area contributed by atoms with Gasteiger partial charge in [-0.15, -0.1) is 5.10 Å². The number of nitrogens with zero attached hydrogens (tertiary/aromatic N) is 6. The molecule has 23 heavy (non-hydrogen) atoms. The standard InChI is InChI=1S/C14H16N8O/c1-21-7-12(19-20-21)13(15)14(23)17-6-10-3-2-4-11(5-10)22-9-16-8-18-22/h2-5,7-9,13H,6,15H2,1H3,(H,17,23). The highest BCUT2D eigenvalue weighted by Crippen LogP contribution is 2.10. The second-order valence-electron chi connectivity index (χ2n) is 5.02. The Morgan fingerprint density at radius 1 is 1.43 bits per heavy atom. The van der Waals surface area contributed by atoms with Crippen molar-refractivity contribution in [3.63, 3.8) is 0 Å². The van der Waals surface area contributed by atoms with Gasteiger partial charge in [0.25, 0.3) is 0 Å². The van der Waals surface area contributed by atoms with Crippen LogP contribution < -0.4 is 11.1 Å². The van der Waals surface area contributed by atoms with E-state index in [9.17, 15) is 4.79 Å². The molecule has 0 spiro atoms. The van der Waals surface area contributed by atoms with E-state index in [1.54, 1.807) is 24.3 Å². The average molecular weight is 312 g/mol. The molecule has 118 valence electrons. The normalized spacial score (nSPS) is 12.1. The zero-order valence-electron chi connectivity index (χ0n) is 12.5. The Bertz CT molecular complexity index is 795. The van der Waals surface area contributed by atoms with Gasteiger partial charge in [-0.1, -0.05) is 17.3 Å². The molecule has 0 fully saturated rings. The van der Waals surface area contributed by atoms with Crippen LogP contribution in [0.4, 0.5) is 0 Å². The molecule has 1 atom stereocenters. The fourth-order valence-corrected chi connectivity index (χ4v) is 2.09. The lowest BCUT2D eigenvalue weighted by atomic mass is 10.2. The minimum Gasteiger partial charge on any atom is -0.350 e. The molecule has 0 bridgehead atoms. The summed E-state index contributed by atoms with van der Waals surface area (Å²) in [5.74, 6) is -0.309. The molecular weight excluding hydrogens is 296 g/mol. The monoisotopic (exact) mass is 312 g/mol. The molecule has 2 aromatic heterocycles. The van der Waals surface area contributed by atoms with Gasteiger partial charge in [0.15, 0.2) is 0 Å². The largest absolute Gasteiger partial charge is 0.350 e. The van der Waals surface area contributed by atoms with Gasteiger partial charge in [0.2, 0.25) is 5.91 Å². The maximum atomic E-state index is 12.1. The Morgan fingerprint density at radius 3 is 3.00 bits per heavy atom.